The molecule has 0 radical (unpaired) electrons. The van der Waals surface area contributed by atoms with Gasteiger partial charge in [0, 0.05) is 5.02 Å². The molecule has 0 bridgehead atoms. The van der Waals surface area contributed by atoms with Crippen LogP contribution < -0.4 is 10.5 Å². The first-order chi connectivity index (χ1) is 11.7. The highest BCUT2D eigenvalue weighted by Crippen LogP contribution is 2.22. The van der Waals surface area contributed by atoms with E-state index in [-0.39, 0.29) is 16.1 Å². The third kappa shape index (κ3) is 4.71. The molecule has 1 amide bonds. The first kappa shape index (κ1) is 18.8. The van der Waals surface area contributed by atoms with Gasteiger partial charge in [-0.3, -0.25) is 9.52 Å². The average Bonchev–Trinajstić information content (AvgIpc) is 2.55. The molecule has 0 heterocycles. The molecule has 0 aliphatic carbocycles. The lowest BCUT2D eigenvalue weighted by Gasteiger charge is -2.14. The van der Waals surface area contributed by atoms with Crippen molar-refractivity contribution in [3.63, 3.8) is 0 Å². The Kier molecular flexibility index (Phi) is 5.66. The van der Waals surface area contributed by atoms with Gasteiger partial charge in [-0.1, -0.05) is 23.7 Å². The molecular formula is C16H15ClN2O5S. The third-order valence-electron chi connectivity index (χ3n) is 3.20. The van der Waals surface area contributed by atoms with E-state index in [1.165, 1.54) is 49.4 Å². The number of hydrogen-bond acceptors (Lipinski definition) is 5. The van der Waals surface area contributed by atoms with Crippen molar-refractivity contribution in [3.05, 3.63) is 59.1 Å². The summed E-state index contributed by atoms with van der Waals surface area (Å²) in [5.74, 6) is -1.69. The van der Waals surface area contributed by atoms with Crippen LogP contribution in [0.25, 0.3) is 0 Å². The van der Waals surface area contributed by atoms with Gasteiger partial charge in [0.15, 0.2) is 6.10 Å². The van der Waals surface area contributed by atoms with Crippen molar-refractivity contribution >= 4 is 39.2 Å². The minimum absolute atomic E-state index is 0.0131. The number of para-hydroxylation sites is 1. The Morgan fingerprint density at radius 2 is 1.72 bits per heavy atom. The molecule has 2 rings (SSSR count). The van der Waals surface area contributed by atoms with Crippen LogP contribution in [-0.4, -0.2) is 26.4 Å². The topological polar surface area (TPSA) is 116 Å². The molecule has 0 aliphatic heterocycles. The number of halogens is 1. The van der Waals surface area contributed by atoms with E-state index in [4.69, 9.17) is 22.1 Å². The van der Waals surface area contributed by atoms with Crippen molar-refractivity contribution in [1.82, 2.24) is 0 Å². The summed E-state index contributed by atoms with van der Waals surface area (Å²) in [6.07, 6.45) is -1.14. The number of hydrogen-bond donors (Lipinski definition) is 2. The Morgan fingerprint density at radius 1 is 1.12 bits per heavy atom. The quantitative estimate of drug-likeness (QED) is 0.743. The van der Waals surface area contributed by atoms with E-state index in [1.54, 1.807) is 6.07 Å². The van der Waals surface area contributed by atoms with Crippen molar-refractivity contribution in [2.75, 3.05) is 4.72 Å². The van der Waals surface area contributed by atoms with Crippen molar-refractivity contribution in [2.45, 2.75) is 17.9 Å². The van der Waals surface area contributed by atoms with Crippen LogP contribution in [0.5, 0.6) is 0 Å². The Labute approximate surface area is 149 Å². The van der Waals surface area contributed by atoms with Crippen molar-refractivity contribution in [1.29, 1.82) is 0 Å². The molecule has 7 nitrogen and oxygen atoms in total. The van der Waals surface area contributed by atoms with Crippen LogP contribution in [0, 0.1) is 0 Å². The van der Waals surface area contributed by atoms with Gasteiger partial charge in [0.2, 0.25) is 0 Å². The Balaban J connectivity index is 2.30. The zero-order chi connectivity index (χ0) is 18.6. The van der Waals surface area contributed by atoms with Crippen molar-refractivity contribution in [3.8, 4) is 0 Å². The zero-order valence-corrected chi connectivity index (χ0v) is 14.7. The number of amides is 1. The van der Waals surface area contributed by atoms with Crippen LogP contribution in [0.2, 0.25) is 5.02 Å². The molecule has 25 heavy (non-hydrogen) atoms. The minimum Gasteiger partial charge on any atom is -0.449 e. The number of carbonyl (C=O) groups excluding carboxylic acids is 2. The highest BCUT2D eigenvalue weighted by Gasteiger charge is 2.22. The number of sulfonamides is 1. The fraction of sp³-hybridized carbons (Fsp3) is 0.125. The molecule has 9 heteroatoms. The number of esters is 1. The van der Waals surface area contributed by atoms with Crippen molar-refractivity contribution < 1.29 is 22.7 Å². The van der Waals surface area contributed by atoms with Gasteiger partial charge in [-0.15, -0.1) is 0 Å². The number of nitrogens with one attached hydrogen (secondary N) is 1. The van der Waals surface area contributed by atoms with E-state index in [2.05, 4.69) is 4.72 Å². The smallest absolute Gasteiger partial charge is 0.341 e. The summed E-state index contributed by atoms with van der Waals surface area (Å²) in [4.78, 5) is 23.2. The largest absolute Gasteiger partial charge is 0.449 e. The summed E-state index contributed by atoms with van der Waals surface area (Å²) in [5.41, 5.74) is 5.02. The lowest BCUT2D eigenvalue weighted by Crippen LogP contribution is -2.30. The van der Waals surface area contributed by atoms with Gasteiger partial charge >= 0.3 is 5.97 Å². The molecule has 0 saturated heterocycles. The normalized spacial score (nSPS) is 12.2. The number of rotatable bonds is 6. The predicted octanol–water partition coefficient (Wildman–Crippen LogP) is 2.17. The Hall–Kier alpha value is -2.58. The summed E-state index contributed by atoms with van der Waals surface area (Å²) >= 11 is 5.75. The van der Waals surface area contributed by atoms with E-state index >= 15 is 0 Å². The highest BCUT2D eigenvalue weighted by molar-refractivity contribution is 7.92. The molecule has 132 valence electrons. The van der Waals surface area contributed by atoms with Gasteiger partial charge in [0.25, 0.3) is 15.9 Å². The van der Waals surface area contributed by atoms with Gasteiger partial charge in [-0.25, -0.2) is 13.2 Å². The van der Waals surface area contributed by atoms with Crippen LogP contribution in [0.3, 0.4) is 0 Å². The maximum absolute atomic E-state index is 12.4. The predicted molar refractivity (Wildman–Crippen MR) is 92.8 cm³/mol. The monoisotopic (exact) mass is 382 g/mol. The first-order valence-corrected chi connectivity index (χ1v) is 8.94. The maximum atomic E-state index is 12.4. The summed E-state index contributed by atoms with van der Waals surface area (Å²) < 4.78 is 32.1. The van der Waals surface area contributed by atoms with E-state index < -0.39 is 28.0 Å². The average molecular weight is 383 g/mol. The molecule has 0 saturated carbocycles. The standard InChI is InChI=1S/C16H15ClN2O5S/c1-10(15(18)20)24-16(21)13-4-2-3-5-14(13)19-25(22,23)12-8-6-11(17)7-9-12/h2-10,19H,1H3,(H2,18,20)/t10-/m1/s1. The molecule has 0 unspecified atom stereocenters. The molecule has 1 atom stereocenters. The number of benzene rings is 2. The molecule has 2 aromatic carbocycles. The summed E-state index contributed by atoms with van der Waals surface area (Å²) in [7, 11) is -3.94. The number of primary amides is 1. The molecule has 3 N–H and O–H groups in total. The Morgan fingerprint density at radius 3 is 2.32 bits per heavy atom. The van der Waals surface area contributed by atoms with Crippen LogP contribution >= 0.6 is 11.6 Å². The van der Waals surface area contributed by atoms with E-state index in [0.29, 0.717) is 5.02 Å². The SMILES string of the molecule is C[C@@H](OC(=O)c1ccccc1NS(=O)(=O)c1ccc(Cl)cc1)C(N)=O. The van der Waals surface area contributed by atoms with Gasteiger partial charge in [-0.05, 0) is 43.3 Å². The second-order valence-electron chi connectivity index (χ2n) is 5.05. The maximum Gasteiger partial charge on any atom is 0.341 e. The second-order valence-corrected chi connectivity index (χ2v) is 7.17. The summed E-state index contributed by atoms with van der Waals surface area (Å²) in [6, 6.07) is 11.4. The van der Waals surface area contributed by atoms with Gasteiger partial charge in [0.05, 0.1) is 16.1 Å². The van der Waals surface area contributed by atoms with Crippen LogP contribution in [-0.2, 0) is 19.6 Å². The number of nitrogens with two attached hydrogens (primary N) is 1. The zero-order valence-electron chi connectivity index (χ0n) is 13.1. The van der Waals surface area contributed by atoms with Crippen molar-refractivity contribution in [2.24, 2.45) is 5.73 Å². The van der Waals surface area contributed by atoms with Gasteiger partial charge in [0.1, 0.15) is 0 Å². The van der Waals surface area contributed by atoms with Gasteiger partial charge in [-0.2, -0.15) is 0 Å². The summed E-state index contributed by atoms with van der Waals surface area (Å²) in [6.45, 7) is 1.32. The lowest BCUT2D eigenvalue weighted by atomic mass is 10.2. The third-order valence-corrected chi connectivity index (χ3v) is 4.83. The van der Waals surface area contributed by atoms with Crippen LogP contribution in [0.1, 0.15) is 17.3 Å². The highest BCUT2D eigenvalue weighted by atomic mass is 35.5. The number of carbonyl (C=O) groups is 2. The molecular weight excluding hydrogens is 368 g/mol. The second kappa shape index (κ2) is 7.54. The molecule has 0 spiro atoms. The van der Waals surface area contributed by atoms with E-state index in [9.17, 15) is 18.0 Å². The lowest BCUT2D eigenvalue weighted by molar-refractivity contribution is -0.125. The Bertz CT molecular complexity index is 897. The van der Waals surface area contributed by atoms with Crippen LogP contribution in [0.15, 0.2) is 53.4 Å². The van der Waals surface area contributed by atoms with Gasteiger partial charge < -0.3 is 10.5 Å². The molecule has 0 fully saturated rings. The fourth-order valence-electron chi connectivity index (χ4n) is 1.85. The van der Waals surface area contributed by atoms with E-state index in [0.717, 1.165) is 0 Å². The van der Waals surface area contributed by atoms with Crippen LogP contribution in [0.4, 0.5) is 5.69 Å². The van der Waals surface area contributed by atoms with E-state index in [1.807, 2.05) is 0 Å². The molecule has 0 aliphatic rings. The molecule has 2 aromatic rings. The minimum atomic E-state index is -3.94. The fourth-order valence-corrected chi connectivity index (χ4v) is 3.06. The molecule has 0 aromatic heterocycles. The summed E-state index contributed by atoms with van der Waals surface area (Å²) in [5, 5.41) is 0.392. The number of anilines is 1. The first-order valence-electron chi connectivity index (χ1n) is 7.08. The number of ether oxygens (including phenoxy) is 1.